The number of nitrogens with one attached hydrogen (secondary N) is 1. The van der Waals surface area contributed by atoms with Crippen molar-refractivity contribution in [2.45, 2.75) is 25.4 Å². The summed E-state index contributed by atoms with van der Waals surface area (Å²) in [5, 5.41) is 8.62. The highest BCUT2D eigenvalue weighted by Crippen LogP contribution is 2.37. The second-order valence-electron chi connectivity index (χ2n) is 6.53. The summed E-state index contributed by atoms with van der Waals surface area (Å²) in [7, 11) is 0. The van der Waals surface area contributed by atoms with Gasteiger partial charge < -0.3 is 5.32 Å². The first kappa shape index (κ1) is 17.9. The lowest BCUT2D eigenvalue weighted by Gasteiger charge is -2.09. The molecule has 0 amide bonds. The predicted molar refractivity (Wildman–Crippen MR) is 100 cm³/mol. The zero-order chi connectivity index (χ0) is 19.0. The Hall–Kier alpha value is -2.47. The van der Waals surface area contributed by atoms with Crippen molar-refractivity contribution in [1.29, 1.82) is 0 Å². The average molecular weight is 392 g/mol. The van der Waals surface area contributed by atoms with E-state index in [0.29, 0.717) is 16.3 Å². The van der Waals surface area contributed by atoms with E-state index in [2.05, 4.69) is 10.4 Å². The largest absolute Gasteiger partial charge is 0.416 e. The van der Waals surface area contributed by atoms with Crippen molar-refractivity contribution < 1.29 is 13.2 Å². The van der Waals surface area contributed by atoms with Gasteiger partial charge in [0.1, 0.15) is 5.82 Å². The van der Waals surface area contributed by atoms with Crippen LogP contribution in [0.15, 0.2) is 48.5 Å². The summed E-state index contributed by atoms with van der Waals surface area (Å²) in [4.78, 5) is 0. The van der Waals surface area contributed by atoms with Crippen LogP contribution in [0, 0.1) is 0 Å². The molecule has 1 aromatic heterocycles. The van der Waals surface area contributed by atoms with Crippen LogP contribution in [0.4, 0.5) is 19.0 Å². The Morgan fingerprint density at radius 1 is 1.04 bits per heavy atom. The molecule has 27 heavy (non-hydrogen) atoms. The monoisotopic (exact) mass is 391 g/mol. The molecule has 0 atom stereocenters. The third-order valence-corrected chi connectivity index (χ3v) is 4.88. The van der Waals surface area contributed by atoms with E-state index in [1.165, 1.54) is 6.07 Å². The molecule has 1 aliphatic rings. The van der Waals surface area contributed by atoms with Crippen LogP contribution in [0.3, 0.4) is 0 Å². The topological polar surface area (TPSA) is 29.9 Å². The van der Waals surface area contributed by atoms with Crippen LogP contribution in [0.25, 0.3) is 16.9 Å². The number of benzene rings is 2. The molecule has 2 aromatic carbocycles. The minimum absolute atomic E-state index is 0.463. The van der Waals surface area contributed by atoms with Gasteiger partial charge in [0.25, 0.3) is 0 Å². The van der Waals surface area contributed by atoms with E-state index in [1.807, 2.05) is 12.1 Å². The number of alkyl halides is 3. The molecule has 4 rings (SSSR count). The van der Waals surface area contributed by atoms with E-state index in [1.54, 1.807) is 22.9 Å². The van der Waals surface area contributed by atoms with Gasteiger partial charge >= 0.3 is 6.18 Å². The molecule has 0 radical (unpaired) electrons. The second kappa shape index (κ2) is 6.93. The van der Waals surface area contributed by atoms with E-state index in [-0.39, 0.29) is 0 Å². The Bertz CT molecular complexity index is 979. The van der Waals surface area contributed by atoms with Crippen LogP contribution in [-0.4, -0.2) is 16.3 Å². The summed E-state index contributed by atoms with van der Waals surface area (Å²) in [6.45, 7) is 0.793. The first-order chi connectivity index (χ1) is 12.9. The first-order valence-corrected chi connectivity index (χ1v) is 9.10. The van der Waals surface area contributed by atoms with Crippen LogP contribution in [0.5, 0.6) is 0 Å². The molecule has 7 heteroatoms. The molecule has 1 aliphatic heterocycles. The number of aromatic nitrogens is 2. The van der Waals surface area contributed by atoms with Gasteiger partial charge in [-0.05, 0) is 49.6 Å². The normalized spacial score (nSPS) is 14.4. The molecule has 0 unspecified atom stereocenters. The fraction of sp³-hybridized carbons (Fsp3) is 0.250. The van der Waals surface area contributed by atoms with Crippen LogP contribution in [0.2, 0.25) is 5.02 Å². The Morgan fingerprint density at radius 2 is 1.85 bits per heavy atom. The fourth-order valence-corrected chi connectivity index (χ4v) is 3.56. The van der Waals surface area contributed by atoms with Crippen molar-refractivity contribution in [3.05, 3.63) is 64.7 Å². The van der Waals surface area contributed by atoms with Crippen molar-refractivity contribution in [2.75, 3.05) is 11.9 Å². The number of anilines is 1. The van der Waals surface area contributed by atoms with Crippen molar-refractivity contribution >= 4 is 17.4 Å². The van der Waals surface area contributed by atoms with Gasteiger partial charge in [0.2, 0.25) is 0 Å². The van der Waals surface area contributed by atoms with Gasteiger partial charge in [0.15, 0.2) is 0 Å². The van der Waals surface area contributed by atoms with Gasteiger partial charge in [0.05, 0.1) is 16.9 Å². The van der Waals surface area contributed by atoms with E-state index >= 15 is 0 Å². The Kier molecular flexibility index (Phi) is 4.60. The molecule has 3 nitrogen and oxygen atoms in total. The zero-order valence-electron chi connectivity index (χ0n) is 14.4. The van der Waals surface area contributed by atoms with Crippen LogP contribution in [0.1, 0.15) is 24.0 Å². The zero-order valence-corrected chi connectivity index (χ0v) is 15.1. The van der Waals surface area contributed by atoms with E-state index in [9.17, 15) is 13.2 Å². The minimum atomic E-state index is -4.39. The van der Waals surface area contributed by atoms with E-state index < -0.39 is 11.7 Å². The summed E-state index contributed by atoms with van der Waals surface area (Å²) >= 11 is 6.12. The summed E-state index contributed by atoms with van der Waals surface area (Å²) in [6, 6.07) is 12.6. The van der Waals surface area contributed by atoms with Crippen LogP contribution >= 0.6 is 11.6 Å². The van der Waals surface area contributed by atoms with Crippen molar-refractivity contribution in [2.24, 2.45) is 0 Å². The molecule has 0 spiro atoms. The van der Waals surface area contributed by atoms with Crippen LogP contribution < -0.4 is 5.32 Å². The molecule has 0 aliphatic carbocycles. The highest BCUT2D eigenvalue weighted by atomic mass is 35.5. The summed E-state index contributed by atoms with van der Waals surface area (Å²) in [5.74, 6) is 0.821. The molecule has 2 heterocycles. The summed E-state index contributed by atoms with van der Waals surface area (Å²) < 4.78 is 41.2. The number of hydrogen-bond acceptors (Lipinski definition) is 2. The third kappa shape index (κ3) is 3.54. The molecule has 3 aromatic rings. The molecular formula is C20H17ClF3N3. The number of nitrogens with zero attached hydrogens (tertiary/aromatic N) is 2. The highest BCUT2D eigenvalue weighted by molar-refractivity contribution is 6.30. The molecule has 1 N–H and O–H groups in total. The Balaban J connectivity index is 1.89. The quantitative estimate of drug-likeness (QED) is 0.584. The first-order valence-electron chi connectivity index (χ1n) is 8.73. The fourth-order valence-electron chi connectivity index (χ4n) is 3.37. The molecule has 0 bridgehead atoms. The maximum Gasteiger partial charge on any atom is 0.416 e. The minimum Gasteiger partial charge on any atom is -0.370 e. The van der Waals surface area contributed by atoms with Gasteiger partial charge in [-0.1, -0.05) is 29.8 Å². The Morgan fingerprint density at radius 3 is 2.63 bits per heavy atom. The van der Waals surface area contributed by atoms with Crippen LogP contribution in [-0.2, 0) is 12.6 Å². The second-order valence-corrected chi connectivity index (χ2v) is 6.97. The van der Waals surface area contributed by atoms with E-state index in [0.717, 1.165) is 55.0 Å². The van der Waals surface area contributed by atoms with Crippen molar-refractivity contribution in [1.82, 2.24) is 9.78 Å². The van der Waals surface area contributed by atoms with Gasteiger partial charge in [-0.15, -0.1) is 0 Å². The number of rotatable bonds is 2. The smallest absolute Gasteiger partial charge is 0.370 e. The van der Waals surface area contributed by atoms with Gasteiger partial charge in [-0.3, -0.25) is 0 Å². The molecule has 140 valence electrons. The molecule has 0 saturated heterocycles. The summed E-state index contributed by atoms with van der Waals surface area (Å²) in [5.41, 5.74) is 2.07. The van der Waals surface area contributed by atoms with Gasteiger partial charge in [-0.25, -0.2) is 4.68 Å². The molecule has 0 fully saturated rings. The maximum atomic E-state index is 13.1. The standard InChI is InChI=1S/C20H17ClF3N3/c21-15-7-4-8-16(12-15)27-19-17(9-1-2-10-25-19)18(26-27)13-5-3-6-14(11-13)20(22,23)24/h3-8,11-12,25H,1-2,9-10H2. The van der Waals surface area contributed by atoms with Gasteiger partial charge in [-0.2, -0.15) is 18.3 Å². The predicted octanol–water partition coefficient (Wildman–Crippen LogP) is 5.96. The number of halogens is 4. The maximum absolute atomic E-state index is 13.1. The number of hydrogen-bond donors (Lipinski definition) is 1. The van der Waals surface area contributed by atoms with Crippen molar-refractivity contribution in [3.63, 3.8) is 0 Å². The summed E-state index contributed by atoms with van der Waals surface area (Å²) in [6.07, 6.45) is -1.69. The highest BCUT2D eigenvalue weighted by Gasteiger charge is 2.31. The SMILES string of the molecule is FC(F)(F)c1cccc(-c2nn(-c3cccc(Cl)c3)c3c2CCCCN3)c1. The Labute approximate surface area is 159 Å². The lowest BCUT2D eigenvalue weighted by atomic mass is 10.0. The lowest BCUT2D eigenvalue weighted by Crippen LogP contribution is -2.07. The molecule has 0 saturated carbocycles. The third-order valence-electron chi connectivity index (χ3n) is 4.65. The lowest BCUT2D eigenvalue weighted by molar-refractivity contribution is -0.137. The van der Waals surface area contributed by atoms with Crippen molar-refractivity contribution in [3.8, 4) is 16.9 Å². The average Bonchev–Trinajstić information content (AvgIpc) is 2.82. The van der Waals surface area contributed by atoms with Gasteiger partial charge in [0, 0.05) is 22.7 Å². The van der Waals surface area contributed by atoms with E-state index in [4.69, 9.17) is 11.6 Å². The molecular weight excluding hydrogens is 375 g/mol. The number of fused-ring (bicyclic) bond motifs is 1.